The number of benzene rings is 1. The first-order valence-electron chi connectivity index (χ1n) is 5.99. The fourth-order valence-corrected chi connectivity index (χ4v) is 1.81. The molecule has 0 saturated carbocycles. The molecule has 1 rings (SSSR count). The van der Waals surface area contributed by atoms with E-state index in [4.69, 9.17) is 26.8 Å². The summed E-state index contributed by atoms with van der Waals surface area (Å²) in [5, 5.41) is 3.61. The molecule has 0 amide bonds. The molecule has 0 fully saturated rings. The van der Waals surface area contributed by atoms with E-state index in [1.165, 1.54) is 0 Å². The van der Waals surface area contributed by atoms with E-state index >= 15 is 0 Å². The Kier molecular flexibility index (Phi) is 10.8. The van der Waals surface area contributed by atoms with Gasteiger partial charge in [-0.3, -0.25) is 4.99 Å². The van der Waals surface area contributed by atoms with Gasteiger partial charge in [-0.25, -0.2) is 0 Å². The van der Waals surface area contributed by atoms with Crippen LogP contribution in [0.2, 0.25) is 5.02 Å². The van der Waals surface area contributed by atoms with E-state index in [9.17, 15) is 0 Å². The first kappa shape index (κ1) is 19.4. The monoisotopic (exact) mass is 413 g/mol. The third kappa shape index (κ3) is 6.74. The van der Waals surface area contributed by atoms with Crippen molar-refractivity contribution in [3.05, 3.63) is 34.9 Å². The average molecular weight is 414 g/mol. The molecule has 114 valence electrons. The number of ether oxygens (including phenoxy) is 2. The van der Waals surface area contributed by atoms with Gasteiger partial charge in [0.15, 0.2) is 5.96 Å². The molecule has 0 aliphatic carbocycles. The van der Waals surface area contributed by atoms with Crippen LogP contribution in [0.25, 0.3) is 0 Å². The van der Waals surface area contributed by atoms with Crippen molar-refractivity contribution in [1.29, 1.82) is 0 Å². The Balaban J connectivity index is 0.00000361. The maximum absolute atomic E-state index is 6.12. The normalized spacial score (nSPS) is 12.7. The van der Waals surface area contributed by atoms with E-state index in [1.54, 1.807) is 14.2 Å². The van der Waals surface area contributed by atoms with Gasteiger partial charge in [-0.2, -0.15) is 0 Å². The van der Waals surface area contributed by atoms with Crippen LogP contribution in [-0.4, -0.2) is 39.9 Å². The summed E-state index contributed by atoms with van der Waals surface area (Å²) in [5.41, 5.74) is 6.63. The van der Waals surface area contributed by atoms with Crippen molar-refractivity contribution in [1.82, 2.24) is 5.32 Å². The molecule has 1 atom stereocenters. The van der Waals surface area contributed by atoms with E-state index in [2.05, 4.69) is 10.3 Å². The minimum absolute atomic E-state index is 0. The smallest absolute Gasteiger partial charge is 0.188 e. The van der Waals surface area contributed by atoms with Crippen molar-refractivity contribution < 1.29 is 9.47 Å². The predicted octanol–water partition coefficient (Wildman–Crippen LogP) is 2.20. The molecule has 1 aromatic carbocycles. The molecule has 5 nitrogen and oxygen atoms in total. The zero-order chi connectivity index (χ0) is 14.1. The number of halogens is 2. The van der Waals surface area contributed by atoms with Crippen LogP contribution in [0.1, 0.15) is 11.7 Å². The Morgan fingerprint density at radius 1 is 1.40 bits per heavy atom. The lowest BCUT2D eigenvalue weighted by Crippen LogP contribution is -2.34. The zero-order valence-electron chi connectivity index (χ0n) is 11.6. The molecule has 0 aliphatic rings. The molecular weight excluding hydrogens is 393 g/mol. The zero-order valence-corrected chi connectivity index (χ0v) is 14.7. The molecule has 0 spiro atoms. The van der Waals surface area contributed by atoms with Crippen molar-refractivity contribution in [2.24, 2.45) is 10.7 Å². The Hall–Kier alpha value is -0.570. The van der Waals surface area contributed by atoms with Gasteiger partial charge in [0.05, 0.1) is 13.2 Å². The lowest BCUT2D eigenvalue weighted by molar-refractivity contribution is 0.111. The van der Waals surface area contributed by atoms with Crippen molar-refractivity contribution in [2.45, 2.75) is 6.10 Å². The van der Waals surface area contributed by atoms with Crippen LogP contribution in [-0.2, 0) is 9.47 Å². The fourth-order valence-electron chi connectivity index (χ4n) is 1.55. The quantitative estimate of drug-likeness (QED) is 0.311. The first-order chi connectivity index (χ1) is 9.19. The highest BCUT2D eigenvalue weighted by Gasteiger charge is 2.13. The number of aliphatic imine (C=N–C) groups is 1. The van der Waals surface area contributed by atoms with Crippen LogP contribution in [0, 0.1) is 0 Å². The number of rotatable bonds is 7. The van der Waals surface area contributed by atoms with E-state index in [-0.39, 0.29) is 30.1 Å². The van der Waals surface area contributed by atoms with Gasteiger partial charge in [-0.05, 0) is 6.07 Å². The van der Waals surface area contributed by atoms with Crippen molar-refractivity contribution in [3.8, 4) is 0 Å². The fraction of sp³-hybridized carbons (Fsp3) is 0.462. The maximum Gasteiger partial charge on any atom is 0.188 e. The Morgan fingerprint density at radius 2 is 2.10 bits per heavy atom. The second-order valence-corrected chi connectivity index (χ2v) is 4.30. The number of guanidine groups is 1. The van der Waals surface area contributed by atoms with Crippen LogP contribution in [0.5, 0.6) is 0 Å². The molecule has 0 bridgehead atoms. The van der Waals surface area contributed by atoms with Crippen LogP contribution in [0.3, 0.4) is 0 Å². The van der Waals surface area contributed by atoms with Crippen molar-refractivity contribution >= 4 is 41.5 Å². The molecule has 0 radical (unpaired) electrons. The summed E-state index contributed by atoms with van der Waals surface area (Å²) >= 11 is 6.12. The second kappa shape index (κ2) is 11.1. The summed E-state index contributed by atoms with van der Waals surface area (Å²) in [6, 6.07) is 7.53. The third-order valence-corrected chi connectivity index (χ3v) is 2.92. The molecule has 3 N–H and O–H groups in total. The molecule has 0 aromatic heterocycles. The molecule has 0 saturated heterocycles. The lowest BCUT2D eigenvalue weighted by Gasteiger charge is -2.15. The SMILES string of the molecule is COCCNC(N)=NCC(OC)c1ccccc1Cl.I. The number of hydrogen-bond acceptors (Lipinski definition) is 3. The minimum atomic E-state index is -0.212. The Bertz CT molecular complexity index is 418. The van der Waals surface area contributed by atoms with Gasteiger partial charge < -0.3 is 20.5 Å². The minimum Gasteiger partial charge on any atom is -0.383 e. The summed E-state index contributed by atoms with van der Waals surface area (Å²) in [4.78, 5) is 4.23. The summed E-state index contributed by atoms with van der Waals surface area (Å²) in [7, 11) is 3.26. The topological polar surface area (TPSA) is 68.9 Å². The van der Waals surface area contributed by atoms with Gasteiger partial charge in [0, 0.05) is 31.4 Å². The third-order valence-electron chi connectivity index (χ3n) is 2.58. The van der Waals surface area contributed by atoms with Crippen LogP contribution < -0.4 is 11.1 Å². The van der Waals surface area contributed by atoms with Gasteiger partial charge in [0.25, 0.3) is 0 Å². The van der Waals surface area contributed by atoms with Gasteiger partial charge in [-0.15, -0.1) is 24.0 Å². The number of nitrogens with one attached hydrogen (secondary N) is 1. The summed E-state index contributed by atoms with van der Waals surface area (Å²) < 4.78 is 10.3. The maximum atomic E-state index is 6.12. The summed E-state index contributed by atoms with van der Waals surface area (Å²) in [5.74, 6) is 0.367. The predicted molar refractivity (Wildman–Crippen MR) is 93.0 cm³/mol. The standard InChI is InChI=1S/C13H20ClN3O2.HI/c1-18-8-7-16-13(15)17-9-12(19-2)10-5-3-4-6-11(10)14;/h3-6,12H,7-9H2,1-2H3,(H3,15,16,17);1H. The number of nitrogens with two attached hydrogens (primary N) is 1. The molecule has 1 unspecified atom stereocenters. The second-order valence-electron chi connectivity index (χ2n) is 3.89. The van der Waals surface area contributed by atoms with Crippen molar-refractivity contribution in [3.63, 3.8) is 0 Å². The summed E-state index contributed by atoms with van der Waals surface area (Å²) in [6.07, 6.45) is -0.212. The van der Waals surface area contributed by atoms with E-state index < -0.39 is 0 Å². The Labute approximate surface area is 141 Å². The number of methoxy groups -OCH3 is 2. The highest BCUT2D eigenvalue weighted by molar-refractivity contribution is 14.0. The van der Waals surface area contributed by atoms with Gasteiger partial charge >= 0.3 is 0 Å². The molecule has 0 aliphatic heterocycles. The molecule has 20 heavy (non-hydrogen) atoms. The van der Waals surface area contributed by atoms with E-state index in [0.717, 1.165) is 5.56 Å². The van der Waals surface area contributed by atoms with Gasteiger partial charge in [-0.1, -0.05) is 29.8 Å². The Morgan fingerprint density at radius 3 is 2.70 bits per heavy atom. The molecule has 1 aromatic rings. The molecule has 0 heterocycles. The molecular formula is C13H21ClIN3O2. The van der Waals surface area contributed by atoms with E-state index in [0.29, 0.717) is 30.7 Å². The highest BCUT2D eigenvalue weighted by atomic mass is 127. The summed E-state index contributed by atoms with van der Waals surface area (Å²) in [6.45, 7) is 1.61. The van der Waals surface area contributed by atoms with Gasteiger partial charge in [0.2, 0.25) is 0 Å². The van der Waals surface area contributed by atoms with E-state index in [1.807, 2.05) is 24.3 Å². The van der Waals surface area contributed by atoms with Crippen LogP contribution in [0.4, 0.5) is 0 Å². The molecule has 7 heteroatoms. The largest absolute Gasteiger partial charge is 0.383 e. The van der Waals surface area contributed by atoms with Crippen LogP contribution >= 0.6 is 35.6 Å². The van der Waals surface area contributed by atoms with Crippen molar-refractivity contribution in [2.75, 3.05) is 33.9 Å². The lowest BCUT2D eigenvalue weighted by atomic mass is 10.1. The number of hydrogen-bond donors (Lipinski definition) is 2. The van der Waals surface area contributed by atoms with Crippen LogP contribution in [0.15, 0.2) is 29.3 Å². The highest BCUT2D eigenvalue weighted by Crippen LogP contribution is 2.24. The number of nitrogens with zero attached hydrogens (tertiary/aromatic N) is 1. The first-order valence-corrected chi connectivity index (χ1v) is 6.36. The van der Waals surface area contributed by atoms with Gasteiger partial charge in [0.1, 0.15) is 6.10 Å². The average Bonchev–Trinajstić information content (AvgIpc) is 2.41.